The second-order valence-corrected chi connectivity index (χ2v) is 6.23. The highest BCUT2D eigenvalue weighted by Gasteiger charge is 2.31. The van der Waals surface area contributed by atoms with E-state index in [2.05, 4.69) is 33.2 Å². The molecule has 0 N–H and O–H groups in total. The van der Waals surface area contributed by atoms with E-state index in [-0.39, 0.29) is 0 Å². The van der Waals surface area contributed by atoms with Crippen LogP contribution >= 0.6 is 0 Å². The molecule has 5 heteroatoms. The molecular weight excluding hydrogens is 278 g/mol. The number of rotatable bonds is 5. The summed E-state index contributed by atoms with van der Waals surface area (Å²) in [6.07, 6.45) is 4.77. The van der Waals surface area contributed by atoms with Crippen LogP contribution in [0, 0.1) is 0 Å². The highest BCUT2D eigenvalue weighted by atomic mass is 16.5. The molecule has 2 aromatic rings. The van der Waals surface area contributed by atoms with Gasteiger partial charge in [-0.05, 0) is 49.9 Å². The zero-order valence-electron chi connectivity index (χ0n) is 12.9. The molecule has 1 saturated heterocycles. The Labute approximate surface area is 130 Å². The molecule has 1 aromatic heterocycles. The Bertz CT molecular complexity index is 651. The monoisotopic (exact) mass is 299 g/mol. The SMILES string of the molecule is COc1cccc([C@H]2CCCN2Cc2nc(C3CC3)no2)c1. The fourth-order valence-corrected chi connectivity index (χ4v) is 3.26. The molecule has 116 valence electrons. The first-order valence-corrected chi connectivity index (χ1v) is 8.04. The first-order chi connectivity index (χ1) is 10.8. The van der Waals surface area contributed by atoms with Gasteiger partial charge in [0, 0.05) is 12.0 Å². The van der Waals surface area contributed by atoms with Crippen molar-refractivity contribution < 1.29 is 9.26 Å². The minimum atomic E-state index is 0.409. The third-order valence-corrected chi connectivity index (χ3v) is 4.61. The van der Waals surface area contributed by atoms with Gasteiger partial charge in [-0.2, -0.15) is 4.98 Å². The second-order valence-electron chi connectivity index (χ2n) is 6.23. The van der Waals surface area contributed by atoms with E-state index in [0.29, 0.717) is 12.0 Å². The second kappa shape index (κ2) is 5.72. The van der Waals surface area contributed by atoms with E-state index in [4.69, 9.17) is 9.26 Å². The maximum absolute atomic E-state index is 5.43. The third-order valence-electron chi connectivity index (χ3n) is 4.61. The predicted molar refractivity (Wildman–Crippen MR) is 81.7 cm³/mol. The molecular formula is C17H21N3O2. The Morgan fingerprint density at radius 1 is 1.32 bits per heavy atom. The van der Waals surface area contributed by atoms with Crippen LogP contribution in [0.2, 0.25) is 0 Å². The van der Waals surface area contributed by atoms with Gasteiger partial charge in [0.25, 0.3) is 0 Å². The standard InChI is InChI=1S/C17H21N3O2/c1-21-14-5-2-4-13(10-14)15-6-3-9-20(15)11-16-18-17(19-22-16)12-7-8-12/h2,4-5,10,12,15H,3,6-9,11H2,1H3/t15-/m1/s1. The number of likely N-dealkylation sites (tertiary alicyclic amines) is 1. The van der Waals surface area contributed by atoms with Crippen molar-refractivity contribution in [3.05, 3.63) is 41.5 Å². The van der Waals surface area contributed by atoms with Crippen LogP contribution in [0.1, 0.15) is 54.9 Å². The van der Waals surface area contributed by atoms with Crippen molar-refractivity contribution >= 4 is 0 Å². The van der Waals surface area contributed by atoms with E-state index < -0.39 is 0 Å². The molecule has 2 fully saturated rings. The summed E-state index contributed by atoms with van der Waals surface area (Å²) in [7, 11) is 1.71. The van der Waals surface area contributed by atoms with Gasteiger partial charge in [0.1, 0.15) is 5.75 Å². The molecule has 2 aliphatic rings. The summed E-state index contributed by atoms with van der Waals surface area (Å²) in [5.74, 6) is 3.10. The molecule has 22 heavy (non-hydrogen) atoms. The highest BCUT2D eigenvalue weighted by Crippen LogP contribution is 2.39. The first kappa shape index (κ1) is 13.8. The maximum atomic E-state index is 5.43. The lowest BCUT2D eigenvalue weighted by Gasteiger charge is -2.23. The molecule has 0 bridgehead atoms. The smallest absolute Gasteiger partial charge is 0.240 e. The van der Waals surface area contributed by atoms with Crippen LogP contribution in [0.3, 0.4) is 0 Å². The molecule has 0 radical (unpaired) electrons. The minimum Gasteiger partial charge on any atom is -0.497 e. The van der Waals surface area contributed by atoms with Crippen LogP contribution in [0.15, 0.2) is 28.8 Å². The Balaban J connectivity index is 1.49. The Hall–Kier alpha value is -1.88. The van der Waals surface area contributed by atoms with Crippen molar-refractivity contribution in [1.29, 1.82) is 0 Å². The van der Waals surface area contributed by atoms with Gasteiger partial charge in [-0.1, -0.05) is 17.3 Å². The quantitative estimate of drug-likeness (QED) is 0.848. The van der Waals surface area contributed by atoms with E-state index in [1.807, 2.05) is 6.07 Å². The lowest BCUT2D eigenvalue weighted by atomic mass is 10.0. The van der Waals surface area contributed by atoms with Crippen molar-refractivity contribution in [2.75, 3.05) is 13.7 Å². The van der Waals surface area contributed by atoms with Gasteiger partial charge in [-0.3, -0.25) is 4.90 Å². The lowest BCUT2D eigenvalue weighted by molar-refractivity contribution is 0.212. The molecule has 5 nitrogen and oxygen atoms in total. The summed E-state index contributed by atoms with van der Waals surface area (Å²) in [5.41, 5.74) is 1.30. The van der Waals surface area contributed by atoms with Gasteiger partial charge in [0.15, 0.2) is 5.82 Å². The summed E-state index contributed by atoms with van der Waals surface area (Å²) >= 11 is 0. The molecule has 0 spiro atoms. The van der Waals surface area contributed by atoms with Crippen molar-refractivity contribution in [3.63, 3.8) is 0 Å². The van der Waals surface area contributed by atoms with Crippen LogP contribution < -0.4 is 4.74 Å². The average molecular weight is 299 g/mol. The highest BCUT2D eigenvalue weighted by molar-refractivity contribution is 5.31. The summed E-state index contributed by atoms with van der Waals surface area (Å²) in [6, 6.07) is 8.76. The summed E-state index contributed by atoms with van der Waals surface area (Å²) in [5, 5.41) is 4.11. The van der Waals surface area contributed by atoms with Crippen LogP contribution in [0.5, 0.6) is 5.75 Å². The Morgan fingerprint density at radius 2 is 2.23 bits per heavy atom. The zero-order chi connectivity index (χ0) is 14.9. The fraction of sp³-hybridized carbons (Fsp3) is 0.529. The van der Waals surface area contributed by atoms with Gasteiger partial charge in [-0.15, -0.1) is 0 Å². The van der Waals surface area contributed by atoms with E-state index in [1.165, 1.54) is 24.8 Å². The zero-order valence-corrected chi connectivity index (χ0v) is 12.9. The number of methoxy groups -OCH3 is 1. The topological polar surface area (TPSA) is 51.4 Å². The van der Waals surface area contributed by atoms with Gasteiger partial charge < -0.3 is 9.26 Å². The molecule has 2 heterocycles. The van der Waals surface area contributed by atoms with Crippen molar-refractivity contribution in [2.24, 2.45) is 0 Å². The lowest BCUT2D eigenvalue weighted by Crippen LogP contribution is -2.23. The molecule has 1 aromatic carbocycles. The van der Waals surface area contributed by atoms with E-state index in [1.54, 1.807) is 7.11 Å². The van der Waals surface area contributed by atoms with Crippen molar-refractivity contribution in [2.45, 2.75) is 44.2 Å². The van der Waals surface area contributed by atoms with Crippen LogP contribution in [-0.4, -0.2) is 28.7 Å². The Kier molecular flexibility index (Phi) is 3.58. The largest absolute Gasteiger partial charge is 0.497 e. The molecule has 1 aliphatic carbocycles. The van der Waals surface area contributed by atoms with Gasteiger partial charge in [0.2, 0.25) is 5.89 Å². The molecule has 4 rings (SSSR count). The van der Waals surface area contributed by atoms with Gasteiger partial charge in [0.05, 0.1) is 13.7 Å². The number of hydrogen-bond donors (Lipinski definition) is 0. The Morgan fingerprint density at radius 3 is 3.05 bits per heavy atom. The average Bonchev–Trinajstić information content (AvgIpc) is 3.13. The van der Waals surface area contributed by atoms with Gasteiger partial charge in [-0.25, -0.2) is 0 Å². The van der Waals surface area contributed by atoms with E-state index in [0.717, 1.165) is 37.0 Å². The first-order valence-electron chi connectivity index (χ1n) is 8.04. The van der Waals surface area contributed by atoms with E-state index in [9.17, 15) is 0 Å². The van der Waals surface area contributed by atoms with Crippen LogP contribution in [0.4, 0.5) is 0 Å². The van der Waals surface area contributed by atoms with Crippen molar-refractivity contribution in [1.82, 2.24) is 15.0 Å². The minimum absolute atomic E-state index is 0.409. The number of benzene rings is 1. The number of ether oxygens (including phenoxy) is 1. The molecule has 1 saturated carbocycles. The maximum Gasteiger partial charge on any atom is 0.240 e. The van der Waals surface area contributed by atoms with Gasteiger partial charge >= 0.3 is 0 Å². The number of nitrogens with zero attached hydrogens (tertiary/aromatic N) is 3. The summed E-state index contributed by atoms with van der Waals surface area (Å²) in [6.45, 7) is 1.81. The van der Waals surface area contributed by atoms with Crippen LogP contribution in [0.25, 0.3) is 0 Å². The molecule has 0 amide bonds. The number of hydrogen-bond acceptors (Lipinski definition) is 5. The summed E-state index contributed by atoms with van der Waals surface area (Å²) in [4.78, 5) is 6.98. The predicted octanol–water partition coefficient (Wildman–Crippen LogP) is 3.29. The number of aromatic nitrogens is 2. The molecule has 0 unspecified atom stereocenters. The fourth-order valence-electron chi connectivity index (χ4n) is 3.26. The summed E-state index contributed by atoms with van der Waals surface area (Å²) < 4.78 is 10.8. The normalized spacial score (nSPS) is 22.1. The van der Waals surface area contributed by atoms with Crippen molar-refractivity contribution in [3.8, 4) is 5.75 Å². The van der Waals surface area contributed by atoms with Crippen LogP contribution in [-0.2, 0) is 6.54 Å². The van der Waals surface area contributed by atoms with E-state index >= 15 is 0 Å². The molecule has 1 aliphatic heterocycles. The molecule has 1 atom stereocenters. The third kappa shape index (κ3) is 2.73.